The van der Waals surface area contributed by atoms with Gasteiger partial charge in [0.05, 0.1) is 23.1 Å². The first-order valence-electron chi connectivity index (χ1n) is 7.22. The van der Waals surface area contributed by atoms with E-state index in [9.17, 15) is 19.5 Å². The molecule has 1 aromatic rings. The maximum absolute atomic E-state index is 12.3. The van der Waals surface area contributed by atoms with Gasteiger partial charge in [-0.25, -0.2) is 4.79 Å². The number of carboxylic acid groups (broad SMARTS) is 1. The van der Waals surface area contributed by atoms with Crippen LogP contribution in [0.25, 0.3) is 0 Å². The minimum atomic E-state index is -1.36. The lowest BCUT2D eigenvalue weighted by Crippen LogP contribution is -2.48. The van der Waals surface area contributed by atoms with Crippen molar-refractivity contribution in [1.29, 1.82) is 0 Å². The number of carboxylic acids is 1. The fourth-order valence-corrected chi connectivity index (χ4v) is 1.94. The van der Waals surface area contributed by atoms with Gasteiger partial charge >= 0.3 is 5.97 Å². The first kappa shape index (κ1) is 18.2. The highest BCUT2D eigenvalue weighted by molar-refractivity contribution is 6.06. The molecule has 1 rings (SSSR count). The lowest BCUT2D eigenvalue weighted by Gasteiger charge is -2.20. The van der Waals surface area contributed by atoms with E-state index in [1.807, 2.05) is 6.92 Å². The molecule has 0 saturated heterocycles. The first-order valence-corrected chi connectivity index (χ1v) is 7.22. The smallest absolute Gasteiger partial charge is 0.339 e. The molecule has 0 bridgehead atoms. The Morgan fingerprint density at radius 1 is 1.30 bits per heavy atom. The van der Waals surface area contributed by atoms with Crippen molar-refractivity contribution in [3.63, 3.8) is 0 Å². The number of hydrogen-bond donors (Lipinski definition) is 1. The van der Waals surface area contributed by atoms with E-state index in [1.54, 1.807) is 12.1 Å². The van der Waals surface area contributed by atoms with Gasteiger partial charge in [-0.05, 0) is 18.6 Å². The van der Waals surface area contributed by atoms with Crippen molar-refractivity contribution < 1.29 is 24.2 Å². The average Bonchev–Trinajstić information content (AvgIpc) is 2.55. The topological polar surface area (TPSA) is 95.5 Å². The zero-order valence-corrected chi connectivity index (χ0v) is 12.8. The Balaban J connectivity index is 2.93. The molecule has 0 unspecified atom stereocenters. The fourth-order valence-electron chi connectivity index (χ4n) is 1.94. The molecule has 0 radical (unpaired) electrons. The number of unbranched alkanes of at least 4 members (excludes halogenated alkanes) is 1. The molecule has 1 N–H and O–H groups in total. The van der Waals surface area contributed by atoms with Gasteiger partial charge in [0.15, 0.2) is 6.61 Å². The fraction of sp³-hybridized carbons (Fsp3) is 0.353. The predicted octanol–water partition coefficient (Wildman–Crippen LogP) is 0.515. The van der Waals surface area contributed by atoms with E-state index in [2.05, 4.69) is 11.2 Å². The van der Waals surface area contributed by atoms with Gasteiger partial charge in [-0.3, -0.25) is 4.79 Å². The van der Waals surface area contributed by atoms with Crippen LogP contribution in [-0.4, -0.2) is 30.5 Å². The first-order chi connectivity index (χ1) is 11.0. The maximum atomic E-state index is 12.3. The number of terminal acetylenes is 1. The lowest BCUT2D eigenvalue weighted by atomic mass is 10.1. The Labute approximate surface area is 134 Å². The Morgan fingerprint density at radius 2 is 1.96 bits per heavy atom. The van der Waals surface area contributed by atoms with E-state index in [4.69, 9.17) is 11.2 Å². The highest BCUT2D eigenvalue weighted by Crippen LogP contribution is 2.11. The number of carbonyl (C=O) groups excluding carboxylic acids is 3. The van der Waals surface area contributed by atoms with Crippen LogP contribution in [0.5, 0.6) is 0 Å². The van der Waals surface area contributed by atoms with Crippen molar-refractivity contribution in [1.82, 2.24) is 5.32 Å². The number of hydrogen-bond acceptors (Lipinski definition) is 5. The van der Waals surface area contributed by atoms with Gasteiger partial charge in [-0.1, -0.05) is 37.8 Å². The number of nitrogens with one attached hydrogen (secondary N) is 1. The summed E-state index contributed by atoms with van der Waals surface area (Å²) in [6.07, 6.45) is 6.69. The SMILES string of the molecule is C#CCOC(=O)c1ccccc1C(=O)N[C@@H](CCCC)C(=O)[O-]. The highest BCUT2D eigenvalue weighted by atomic mass is 16.5. The van der Waals surface area contributed by atoms with Crippen LogP contribution in [0.3, 0.4) is 0 Å². The molecule has 122 valence electrons. The third kappa shape index (κ3) is 5.47. The molecule has 0 heterocycles. The van der Waals surface area contributed by atoms with E-state index in [1.165, 1.54) is 12.1 Å². The van der Waals surface area contributed by atoms with E-state index < -0.39 is 23.9 Å². The van der Waals surface area contributed by atoms with Crippen LogP contribution >= 0.6 is 0 Å². The van der Waals surface area contributed by atoms with E-state index in [0.29, 0.717) is 6.42 Å². The lowest BCUT2D eigenvalue weighted by molar-refractivity contribution is -0.308. The van der Waals surface area contributed by atoms with Gasteiger partial charge in [0, 0.05) is 0 Å². The summed E-state index contributed by atoms with van der Waals surface area (Å²) in [4.78, 5) is 35.3. The molecule has 0 aliphatic rings. The van der Waals surface area contributed by atoms with Crippen LogP contribution in [-0.2, 0) is 9.53 Å². The molecular formula is C17H18NO5-. The number of benzene rings is 1. The van der Waals surface area contributed by atoms with Gasteiger partial charge in [0.2, 0.25) is 0 Å². The number of aliphatic carboxylic acids is 1. The molecule has 6 nitrogen and oxygen atoms in total. The second-order valence-electron chi connectivity index (χ2n) is 4.81. The monoisotopic (exact) mass is 316 g/mol. The number of ether oxygens (including phenoxy) is 1. The summed E-state index contributed by atoms with van der Waals surface area (Å²) in [5.41, 5.74) is 0.0464. The molecule has 0 aromatic heterocycles. The van der Waals surface area contributed by atoms with Crippen molar-refractivity contribution in [3.05, 3.63) is 35.4 Å². The summed E-state index contributed by atoms with van der Waals surface area (Å²) in [5, 5.41) is 13.5. The summed E-state index contributed by atoms with van der Waals surface area (Å²) in [5.74, 6) is -0.625. The van der Waals surface area contributed by atoms with E-state index in [-0.39, 0.29) is 24.2 Å². The Kier molecular flexibility index (Phi) is 7.34. The van der Waals surface area contributed by atoms with Gasteiger partial charge < -0.3 is 20.0 Å². The number of carbonyl (C=O) groups is 3. The third-order valence-electron chi connectivity index (χ3n) is 3.11. The van der Waals surface area contributed by atoms with Crippen molar-refractivity contribution in [2.24, 2.45) is 0 Å². The largest absolute Gasteiger partial charge is 0.548 e. The molecule has 6 heteroatoms. The normalized spacial score (nSPS) is 11.1. The van der Waals surface area contributed by atoms with Gasteiger partial charge in [0.25, 0.3) is 5.91 Å². The minimum Gasteiger partial charge on any atom is -0.548 e. The minimum absolute atomic E-state index is 0.0211. The molecule has 0 saturated carbocycles. The zero-order chi connectivity index (χ0) is 17.2. The predicted molar refractivity (Wildman–Crippen MR) is 81.3 cm³/mol. The summed E-state index contributed by atoms with van der Waals surface area (Å²) in [6, 6.07) is 4.84. The maximum Gasteiger partial charge on any atom is 0.339 e. The molecule has 0 aliphatic heterocycles. The molecular weight excluding hydrogens is 298 g/mol. The number of amides is 1. The molecule has 23 heavy (non-hydrogen) atoms. The summed E-state index contributed by atoms with van der Waals surface area (Å²) >= 11 is 0. The van der Waals surface area contributed by atoms with Crippen LogP contribution in [0, 0.1) is 12.3 Å². The molecule has 0 spiro atoms. The Morgan fingerprint density at radius 3 is 2.52 bits per heavy atom. The number of rotatable bonds is 8. The van der Waals surface area contributed by atoms with Crippen LogP contribution < -0.4 is 10.4 Å². The second-order valence-corrected chi connectivity index (χ2v) is 4.81. The second kappa shape index (κ2) is 9.26. The molecule has 1 atom stereocenters. The number of esters is 1. The molecule has 1 amide bonds. The van der Waals surface area contributed by atoms with Crippen LogP contribution in [0.15, 0.2) is 24.3 Å². The quantitative estimate of drug-likeness (QED) is 0.557. The van der Waals surface area contributed by atoms with Crippen LogP contribution in [0.2, 0.25) is 0 Å². The standard InChI is InChI=1S/C17H19NO5/c1-3-5-10-14(16(20)21)18-15(19)12-8-6-7-9-13(12)17(22)23-11-4-2/h2,6-9,14H,3,5,10-11H2,1H3,(H,18,19)(H,20,21)/p-1/t14-/m0/s1. The summed E-state index contributed by atoms with van der Waals surface area (Å²) in [7, 11) is 0. The molecule has 0 aliphatic carbocycles. The highest BCUT2D eigenvalue weighted by Gasteiger charge is 2.20. The van der Waals surface area contributed by atoms with E-state index >= 15 is 0 Å². The van der Waals surface area contributed by atoms with Gasteiger partial charge in [-0.2, -0.15) is 0 Å². The summed E-state index contributed by atoms with van der Waals surface area (Å²) < 4.78 is 4.80. The molecule has 1 aromatic carbocycles. The molecule has 0 fully saturated rings. The van der Waals surface area contributed by atoms with Crippen LogP contribution in [0.4, 0.5) is 0 Å². The van der Waals surface area contributed by atoms with E-state index in [0.717, 1.165) is 6.42 Å². The van der Waals surface area contributed by atoms with Crippen molar-refractivity contribution >= 4 is 17.8 Å². The van der Waals surface area contributed by atoms with Crippen molar-refractivity contribution in [2.75, 3.05) is 6.61 Å². The van der Waals surface area contributed by atoms with Crippen molar-refractivity contribution in [3.8, 4) is 12.3 Å². The Bertz CT molecular complexity index is 618. The van der Waals surface area contributed by atoms with Gasteiger partial charge in [-0.15, -0.1) is 6.42 Å². The average molecular weight is 316 g/mol. The van der Waals surface area contributed by atoms with Gasteiger partial charge in [0.1, 0.15) is 0 Å². The van der Waals surface area contributed by atoms with Crippen LogP contribution in [0.1, 0.15) is 46.9 Å². The van der Waals surface area contributed by atoms with Crippen molar-refractivity contribution in [2.45, 2.75) is 32.2 Å². The zero-order valence-electron chi connectivity index (χ0n) is 12.8. The summed E-state index contributed by atoms with van der Waals surface area (Å²) in [6.45, 7) is 1.69. The Hall–Kier alpha value is -2.81. The third-order valence-corrected chi connectivity index (χ3v) is 3.11.